The van der Waals surface area contributed by atoms with E-state index in [4.69, 9.17) is 11.6 Å². The molecular weight excluding hydrogens is 468 g/mol. The quantitative estimate of drug-likeness (QED) is 0.321. The maximum Gasteiger partial charge on any atom is 0.262 e. The van der Waals surface area contributed by atoms with Crippen molar-refractivity contribution in [3.05, 3.63) is 87.7 Å². The Bertz CT molecular complexity index is 1280. The van der Waals surface area contributed by atoms with E-state index in [-0.39, 0.29) is 29.6 Å². The average molecular weight is 491 g/mol. The van der Waals surface area contributed by atoms with Crippen LogP contribution in [-0.4, -0.2) is 44.6 Å². The number of halogens is 1. The highest BCUT2D eigenvalue weighted by molar-refractivity contribution is 6.30. The van der Waals surface area contributed by atoms with Crippen molar-refractivity contribution >= 4 is 41.2 Å². The second-order valence-corrected chi connectivity index (χ2v) is 8.52. The van der Waals surface area contributed by atoms with Gasteiger partial charge in [-0.25, -0.2) is 15.0 Å². The number of hydrogen-bond acceptors (Lipinski definition) is 6. The van der Waals surface area contributed by atoms with Gasteiger partial charge in [0.2, 0.25) is 17.8 Å². The highest BCUT2D eigenvalue weighted by atomic mass is 35.5. The highest BCUT2D eigenvalue weighted by Gasteiger charge is 2.40. The van der Waals surface area contributed by atoms with Gasteiger partial charge in [0.15, 0.2) is 0 Å². The number of aromatic nitrogens is 2. The van der Waals surface area contributed by atoms with Gasteiger partial charge in [-0.3, -0.25) is 29.9 Å². The second-order valence-electron chi connectivity index (χ2n) is 8.08. The zero-order valence-corrected chi connectivity index (χ0v) is 20.1. The fraction of sp³-hybridized carbons (Fsp3) is 0.200. The van der Waals surface area contributed by atoms with Crippen LogP contribution >= 0.6 is 11.6 Å². The third kappa shape index (κ3) is 5.36. The van der Waals surface area contributed by atoms with Crippen molar-refractivity contribution < 1.29 is 14.4 Å². The fourth-order valence-electron chi connectivity index (χ4n) is 3.66. The number of nitrogens with zero attached hydrogens (tertiary/aromatic N) is 4. The number of aliphatic imine (C=N–C) groups is 1. The summed E-state index contributed by atoms with van der Waals surface area (Å²) >= 11 is 5.95. The number of guanidine groups is 1. The van der Waals surface area contributed by atoms with Crippen LogP contribution in [0.2, 0.25) is 5.02 Å². The minimum atomic E-state index is -1.08. The normalized spacial score (nSPS) is 14.1. The molecule has 178 valence electrons. The van der Waals surface area contributed by atoms with E-state index in [1.165, 1.54) is 6.92 Å². The van der Waals surface area contributed by atoms with Crippen LogP contribution in [0, 0.1) is 13.8 Å². The van der Waals surface area contributed by atoms with E-state index in [1.54, 1.807) is 36.4 Å². The summed E-state index contributed by atoms with van der Waals surface area (Å²) in [5.74, 6) is -1.28. The van der Waals surface area contributed by atoms with Gasteiger partial charge < -0.3 is 0 Å². The first-order valence-corrected chi connectivity index (χ1v) is 11.3. The van der Waals surface area contributed by atoms with Gasteiger partial charge >= 0.3 is 0 Å². The zero-order valence-electron chi connectivity index (χ0n) is 19.4. The van der Waals surface area contributed by atoms with Crippen molar-refractivity contribution in [2.24, 2.45) is 4.99 Å². The molecule has 0 saturated heterocycles. The molecule has 4 rings (SSSR count). The predicted octanol–water partition coefficient (Wildman–Crippen LogP) is 3.52. The minimum Gasteiger partial charge on any atom is -0.295 e. The van der Waals surface area contributed by atoms with Crippen molar-refractivity contribution in [3.8, 4) is 0 Å². The SMILES string of the molecule is Cc1cc(C)nc(NC(=NCc2ccc(Cl)cc2)NC(=O)C(C)N2C(=O)c3ccccc3C2=O)n1. The number of nitrogens with one attached hydrogen (secondary N) is 2. The smallest absolute Gasteiger partial charge is 0.262 e. The summed E-state index contributed by atoms with van der Waals surface area (Å²) in [4.78, 5) is 52.8. The number of carbonyl (C=O) groups excluding carboxylic acids is 3. The monoisotopic (exact) mass is 490 g/mol. The van der Waals surface area contributed by atoms with Gasteiger partial charge in [-0.15, -0.1) is 0 Å². The lowest BCUT2D eigenvalue weighted by molar-refractivity contribution is -0.123. The van der Waals surface area contributed by atoms with Crippen molar-refractivity contribution in [3.63, 3.8) is 0 Å². The standard InChI is InChI=1S/C25H23ClN6O3/c1-14-12-15(2)29-25(28-14)31-24(27-13-17-8-10-18(26)11-9-17)30-21(33)16(3)32-22(34)19-6-4-5-7-20(19)23(32)35/h4-12,16H,13H2,1-3H3,(H2,27,28,29,30,31,33). The lowest BCUT2D eigenvalue weighted by Gasteiger charge is -2.22. The molecule has 1 unspecified atom stereocenters. The lowest BCUT2D eigenvalue weighted by atomic mass is 10.1. The van der Waals surface area contributed by atoms with Gasteiger partial charge in [0, 0.05) is 16.4 Å². The minimum absolute atomic E-state index is 0.0819. The van der Waals surface area contributed by atoms with Crippen LogP contribution in [0.4, 0.5) is 5.95 Å². The summed E-state index contributed by atoms with van der Waals surface area (Å²) in [5, 5.41) is 6.22. The summed E-state index contributed by atoms with van der Waals surface area (Å²) in [6, 6.07) is 14.4. The number of imide groups is 1. The Morgan fingerprint density at radius 2 is 1.57 bits per heavy atom. The summed E-state index contributed by atoms with van der Waals surface area (Å²) in [5.41, 5.74) is 2.88. The number of amides is 3. The van der Waals surface area contributed by atoms with Gasteiger partial charge in [-0.1, -0.05) is 35.9 Å². The molecule has 3 amide bonds. The van der Waals surface area contributed by atoms with Gasteiger partial charge in [-0.05, 0) is 56.7 Å². The molecule has 2 N–H and O–H groups in total. The molecule has 10 heteroatoms. The Hall–Kier alpha value is -4.11. The van der Waals surface area contributed by atoms with Crippen molar-refractivity contribution in [1.29, 1.82) is 0 Å². The predicted molar refractivity (Wildman–Crippen MR) is 132 cm³/mol. The van der Waals surface area contributed by atoms with E-state index in [1.807, 2.05) is 32.0 Å². The topological polar surface area (TPSA) is 117 Å². The van der Waals surface area contributed by atoms with E-state index >= 15 is 0 Å². The van der Waals surface area contributed by atoms with E-state index in [0.29, 0.717) is 5.02 Å². The fourth-order valence-corrected chi connectivity index (χ4v) is 3.78. The van der Waals surface area contributed by atoms with Crippen LogP contribution in [0.3, 0.4) is 0 Å². The Kier molecular flexibility index (Phi) is 6.88. The number of aryl methyl sites for hydroxylation is 2. The van der Waals surface area contributed by atoms with Crippen molar-refractivity contribution in [2.75, 3.05) is 5.32 Å². The van der Waals surface area contributed by atoms with Crippen LogP contribution < -0.4 is 10.6 Å². The second kappa shape index (κ2) is 10.0. The van der Waals surface area contributed by atoms with Crippen molar-refractivity contribution in [1.82, 2.24) is 20.2 Å². The van der Waals surface area contributed by atoms with Crippen molar-refractivity contribution in [2.45, 2.75) is 33.4 Å². The number of anilines is 1. The molecule has 3 aromatic rings. The Morgan fingerprint density at radius 1 is 1.00 bits per heavy atom. The third-order valence-corrected chi connectivity index (χ3v) is 5.63. The largest absolute Gasteiger partial charge is 0.295 e. The molecule has 0 radical (unpaired) electrons. The first-order valence-electron chi connectivity index (χ1n) is 10.9. The third-order valence-electron chi connectivity index (χ3n) is 5.38. The molecule has 35 heavy (non-hydrogen) atoms. The van der Waals surface area contributed by atoms with Crippen LogP contribution in [0.25, 0.3) is 0 Å². The van der Waals surface area contributed by atoms with Gasteiger partial charge in [0.05, 0.1) is 17.7 Å². The van der Waals surface area contributed by atoms with E-state index in [2.05, 4.69) is 25.6 Å². The Morgan fingerprint density at radius 3 is 2.14 bits per heavy atom. The first kappa shape index (κ1) is 24.0. The molecule has 1 aliphatic heterocycles. The van der Waals surface area contributed by atoms with Crippen LogP contribution in [0.15, 0.2) is 59.6 Å². The van der Waals surface area contributed by atoms with Gasteiger partial charge in [-0.2, -0.15) is 0 Å². The molecular formula is C25H23ClN6O3. The lowest BCUT2D eigenvalue weighted by Crippen LogP contribution is -2.50. The van der Waals surface area contributed by atoms with Gasteiger partial charge in [0.25, 0.3) is 11.8 Å². The Balaban J connectivity index is 1.56. The molecule has 0 bridgehead atoms. The maximum atomic E-state index is 13.1. The summed E-state index contributed by atoms with van der Waals surface area (Å²) in [6.45, 7) is 5.37. The van der Waals surface area contributed by atoms with E-state index in [0.717, 1.165) is 21.9 Å². The molecule has 1 aromatic heterocycles. The zero-order chi connectivity index (χ0) is 25.1. The number of fused-ring (bicyclic) bond motifs is 1. The molecule has 2 heterocycles. The average Bonchev–Trinajstić information content (AvgIpc) is 3.07. The number of rotatable bonds is 5. The van der Waals surface area contributed by atoms with E-state index in [9.17, 15) is 14.4 Å². The van der Waals surface area contributed by atoms with Gasteiger partial charge in [0.1, 0.15) is 6.04 Å². The molecule has 0 aliphatic carbocycles. The summed E-state index contributed by atoms with van der Waals surface area (Å²) in [6.07, 6.45) is 0. The van der Waals surface area contributed by atoms with E-state index < -0.39 is 23.8 Å². The number of benzene rings is 2. The van der Waals surface area contributed by atoms with Crippen LogP contribution in [0.5, 0.6) is 0 Å². The summed E-state index contributed by atoms with van der Waals surface area (Å²) < 4.78 is 0. The van der Waals surface area contributed by atoms with Crippen LogP contribution in [-0.2, 0) is 11.3 Å². The molecule has 1 aliphatic rings. The molecule has 2 aromatic carbocycles. The number of carbonyl (C=O) groups is 3. The molecule has 0 saturated carbocycles. The maximum absolute atomic E-state index is 13.1. The highest BCUT2D eigenvalue weighted by Crippen LogP contribution is 2.24. The first-order chi connectivity index (χ1) is 16.7. The molecule has 9 nitrogen and oxygen atoms in total. The Labute approximate surface area is 207 Å². The molecule has 1 atom stereocenters. The van der Waals surface area contributed by atoms with Crippen LogP contribution in [0.1, 0.15) is 44.6 Å². The molecule has 0 spiro atoms. The molecule has 0 fully saturated rings. The number of hydrogen-bond donors (Lipinski definition) is 2. The summed E-state index contributed by atoms with van der Waals surface area (Å²) in [7, 11) is 0.